The number of aliphatic imine (C=N–C) groups is 1. The molecule has 2 heterocycles. The summed E-state index contributed by atoms with van der Waals surface area (Å²) in [5.41, 5.74) is 2.20. The van der Waals surface area contributed by atoms with Gasteiger partial charge in [-0.3, -0.25) is 19.7 Å². The zero-order valence-electron chi connectivity index (χ0n) is 21.2. The molecule has 2 aromatic carbocycles. The summed E-state index contributed by atoms with van der Waals surface area (Å²) >= 11 is 0. The average molecular weight is 542 g/mol. The van der Waals surface area contributed by atoms with Crippen LogP contribution < -0.4 is 20.7 Å². The van der Waals surface area contributed by atoms with Crippen LogP contribution in [0.25, 0.3) is 10.9 Å². The summed E-state index contributed by atoms with van der Waals surface area (Å²) in [6.07, 6.45) is 2.08. The first-order chi connectivity index (χ1) is 18.2. The van der Waals surface area contributed by atoms with Crippen molar-refractivity contribution in [2.75, 3.05) is 32.8 Å². The lowest BCUT2D eigenvalue weighted by atomic mass is 10.1. The molecule has 0 aliphatic carbocycles. The maximum atomic E-state index is 13.3. The summed E-state index contributed by atoms with van der Waals surface area (Å²) in [7, 11) is -4.10. The molecule has 0 radical (unpaired) electrons. The van der Waals surface area contributed by atoms with E-state index in [1.807, 2.05) is 0 Å². The molecule has 0 saturated heterocycles. The third-order valence-electron chi connectivity index (χ3n) is 5.96. The second-order valence-electron chi connectivity index (χ2n) is 8.88. The van der Waals surface area contributed by atoms with Crippen LogP contribution in [-0.4, -0.2) is 75.3 Å². The number of fused-ring (bicyclic) bond motifs is 1. The molecule has 38 heavy (non-hydrogen) atoms. The molecule has 5 N–H and O–H groups in total. The van der Waals surface area contributed by atoms with Crippen molar-refractivity contribution in [3.63, 3.8) is 0 Å². The third kappa shape index (κ3) is 6.66. The molecule has 1 aromatic heterocycles. The van der Waals surface area contributed by atoms with E-state index in [2.05, 4.69) is 35.9 Å². The number of hydrogen-bond acceptors (Lipinski definition) is 9. The van der Waals surface area contributed by atoms with Crippen LogP contribution in [-0.2, 0) is 19.6 Å². The quantitative estimate of drug-likeness (QED) is 0.175. The first kappa shape index (κ1) is 27.1. The number of carbonyl (C=O) groups excluding carboxylic acids is 2. The zero-order valence-corrected chi connectivity index (χ0v) is 22.0. The Morgan fingerprint density at radius 3 is 2.68 bits per heavy atom. The standard InChI is InChI=1S/C25H31N7O5S/c1-16-5-3-6-17(2)22(16)38(35,36)32-21(24(34)37-12-4-9-26-25-27-10-11-28-25)15-29-23(33)18-7-8-20-19(13-18)14-30-31-20/h3,5-8,13-14,21,32H,4,9-12,15H2,1-2H3,(H,29,33)(H,30,31)(H2,26,27,28). The molecule has 0 fully saturated rings. The highest BCUT2D eigenvalue weighted by Crippen LogP contribution is 2.20. The monoisotopic (exact) mass is 541 g/mol. The van der Waals surface area contributed by atoms with Crippen LogP contribution in [0.2, 0.25) is 0 Å². The lowest BCUT2D eigenvalue weighted by molar-refractivity contribution is -0.145. The fourth-order valence-electron chi connectivity index (χ4n) is 4.09. The molecule has 1 aliphatic heterocycles. The first-order valence-electron chi connectivity index (χ1n) is 12.2. The number of aromatic amines is 1. The van der Waals surface area contributed by atoms with Crippen molar-refractivity contribution in [1.82, 2.24) is 30.9 Å². The van der Waals surface area contributed by atoms with Crippen molar-refractivity contribution in [2.24, 2.45) is 4.99 Å². The van der Waals surface area contributed by atoms with Gasteiger partial charge in [0.1, 0.15) is 6.04 Å². The number of guanidine groups is 1. The predicted octanol–water partition coefficient (Wildman–Crippen LogP) is 0.739. The predicted molar refractivity (Wildman–Crippen MR) is 142 cm³/mol. The minimum atomic E-state index is -4.10. The number of carbonyl (C=O) groups is 2. The average Bonchev–Trinajstić information content (AvgIpc) is 3.57. The number of amides is 1. The Hall–Kier alpha value is -3.97. The Kier molecular flexibility index (Phi) is 8.59. The molecule has 1 atom stereocenters. The number of benzene rings is 2. The summed E-state index contributed by atoms with van der Waals surface area (Å²) in [6, 6.07) is 8.76. The van der Waals surface area contributed by atoms with Gasteiger partial charge in [0.15, 0.2) is 5.96 Å². The summed E-state index contributed by atoms with van der Waals surface area (Å²) in [6.45, 7) is 5.13. The van der Waals surface area contributed by atoms with E-state index in [4.69, 9.17) is 4.74 Å². The van der Waals surface area contributed by atoms with Gasteiger partial charge >= 0.3 is 5.97 Å². The molecule has 0 bridgehead atoms. The number of esters is 1. The largest absolute Gasteiger partial charge is 0.464 e. The fourth-order valence-corrected chi connectivity index (χ4v) is 5.75. The van der Waals surface area contributed by atoms with Crippen molar-refractivity contribution < 1.29 is 22.7 Å². The third-order valence-corrected chi connectivity index (χ3v) is 7.74. The molecule has 0 spiro atoms. The van der Waals surface area contributed by atoms with Crippen molar-refractivity contribution >= 4 is 38.8 Å². The van der Waals surface area contributed by atoms with E-state index >= 15 is 0 Å². The van der Waals surface area contributed by atoms with Gasteiger partial charge in [-0.25, -0.2) is 8.42 Å². The lowest BCUT2D eigenvalue weighted by Gasteiger charge is -2.20. The van der Waals surface area contributed by atoms with Crippen LogP contribution >= 0.6 is 0 Å². The van der Waals surface area contributed by atoms with Gasteiger partial charge in [-0.05, 0) is 49.6 Å². The van der Waals surface area contributed by atoms with E-state index in [9.17, 15) is 18.0 Å². The Balaban J connectivity index is 1.43. The highest BCUT2D eigenvalue weighted by atomic mass is 32.2. The Morgan fingerprint density at radius 1 is 1.16 bits per heavy atom. The number of sulfonamides is 1. The molecule has 1 unspecified atom stereocenters. The normalized spacial score (nSPS) is 14.0. The molecule has 1 aliphatic rings. The molecule has 0 saturated carbocycles. The van der Waals surface area contributed by atoms with E-state index in [1.54, 1.807) is 56.4 Å². The second kappa shape index (κ2) is 12.0. The van der Waals surface area contributed by atoms with Crippen LogP contribution in [0.15, 0.2) is 52.5 Å². The van der Waals surface area contributed by atoms with Gasteiger partial charge in [0.2, 0.25) is 10.0 Å². The van der Waals surface area contributed by atoms with Crippen LogP contribution in [0.3, 0.4) is 0 Å². The topological polar surface area (TPSA) is 167 Å². The number of aromatic nitrogens is 2. The number of ether oxygens (including phenoxy) is 1. The SMILES string of the molecule is Cc1cccc(C)c1S(=O)(=O)NC(CNC(=O)c1ccc2[nH]ncc2c1)C(=O)OCCCNC1=NCCN1. The summed E-state index contributed by atoms with van der Waals surface area (Å²) in [5.74, 6) is -0.556. The second-order valence-corrected chi connectivity index (χ2v) is 10.5. The van der Waals surface area contributed by atoms with E-state index in [-0.39, 0.29) is 18.0 Å². The number of rotatable bonds is 11. The fraction of sp³-hybridized carbons (Fsp3) is 0.360. The summed E-state index contributed by atoms with van der Waals surface area (Å²) < 4.78 is 34.3. The van der Waals surface area contributed by atoms with Crippen LogP contribution in [0.5, 0.6) is 0 Å². The highest BCUT2D eigenvalue weighted by molar-refractivity contribution is 7.89. The molecule has 1 amide bonds. The van der Waals surface area contributed by atoms with Gasteiger partial charge in [-0.1, -0.05) is 18.2 Å². The number of H-pyrrole nitrogens is 1. The van der Waals surface area contributed by atoms with E-state index in [0.717, 1.165) is 17.4 Å². The van der Waals surface area contributed by atoms with E-state index in [0.29, 0.717) is 42.2 Å². The van der Waals surface area contributed by atoms with Gasteiger partial charge in [0.25, 0.3) is 5.91 Å². The molecule has 12 nitrogen and oxygen atoms in total. The van der Waals surface area contributed by atoms with Gasteiger partial charge in [0.05, 0.1) is 29.8 Å². The Morgan fingerprint density at radius 2 is 1.95 bits per heavy atom. The number of nitrogens with one attached hydrogen (secondary N) is 5. The van der Waals surface area contributed by atoms with Crippen molar-refractivity contribution in [3.8, 4) is 0 Å². The first-order valence-corrected chi connectivity index (χ1v) is 13.7. The van der Waals surface area contributed by atoms with Crippen molar-refractivity contribution in [2.45, 2.75) is 31.2 Å². The highest BCUT2D eigenvalue weighted by Gasteiger charge is 2.29. The number of hydrogen-bond donors (Lipinski definition) is 5. The van der Waals surface area contributed by atoms with Gasteiger partial charge in [-0.2, -0.15) is 9.82 Å². The number of aryl methyl sites for hydroxylation is 2. The maximum absolute atomic E-state index is 13.3. The summed E-state index contributed by atoms with van der Waals surface area (Å²) in [5, 5.41) is 16.3. The Bertz CT molecular complexity index is 1430. The van der Waals surface area contributed by atoms with Crippen LogP contribution in [0, 0.1) is 13.8 Å². The van der Waals surface area contributed by atoms with Crippen molar-refractivity contribution in [1.29, 1.82) is 0 Å². The molecule has 3 aromatic rings. The minimum Gasteiger partial charge on any atom is -0.464 e. The van der Waals surface area contributed by atoms with Crippen LogP contribution in [0.1, 0.15) is 27.9 Å². The van der Waals surface area contributed by atoms with E-state index < -0.39 is 27.9 Å². The molecular formula is C25H31N7O5S. The van der Waals surface area contributed by atoms with Gasteiger partial charge < -0.3 is 20.7 Å². The van der Waals surface area contributed by atoms with Gasteiger partial charge in [-0.15, -0.1) is 0 Å². The lowest BCUT2D eigenvalue weighted by Crippen LogP contribution is -2.49. The minimum absolute atomic E-state index is 0.0613. The Labute approximate surface area is 220 Å². The molecule has 13 heteroatoms. The number of nitrogens with zero attached hydrogens (tertiary/aromatic N) is 2. The van der Waals surface area contributed by atoms with Gasteiger partial charge in [0, 0.05) is 30.6 Å². The zero-order chi connectivity index (χ0) is 27.1. The smallest absolute Gasteiger partial charge is 0.326 e. The van der Waals surface area contributed by atoms with Crippen molar-refractivity contribution in [3.05, 3.63) is 59.3 Å². The molecule has 202 valence electrons. The van der Waals surface area contributed by atoms with Crippen LogP contribution in [0.4, 0.5) is 0 Å². The molecule has 4 rings (SSSR count). The van der Waals surface area contributed by atoms with E-state index in [1.165, 1.54) is 0 Å². The molecular weight excluding hydrogens is 510 g/mol. The maximum Gasteiger partial charge on any atom is 0.326 e. The summed E-state index contributed by atoms with van der Waals surface area (Å²) in [4.78, 5) is 30.1.